The molecule has 3 rings (SSSR count). The van der Waals surface area contributed by atoms with Crippen molar-refractivity contribution >= 4 is 0 Å². The summed E-state index contributed by atoms with van der Waals surface area (Å²) in [5, 5.41) is 41.9. The van der Waals surface area contributed by atoms with Gasteiger partial charge in [0.2, 0.25) is 0 Å². The smallest absolute Gasteiger partial charge is 0.121 e. The van der Waals surface area contributed by atoms with Crippen LogP contribution < -0.4 is 5.32 Å². The van der Waals surface area contributed by atoms with Crippen molar-refractivity contribution in [3.8, 4) is 11.5 Å². The van der Waals surface area contributed by atoms with E-state index in [4.69, 9.17) is 9.47 Å². The molecule has 0 saturated carbocycles. The van der Waals surface area contributed by atoms with Gasteiger partial charge in [-0.3, -0.25) is 0 Å². The van der Waals surface area contributed by atoms with Gasteiger partial charge in [0, 0.05) is 12.1 Å². The SMILES string of the molecule is OCc1cc([C@@H](O)CNCCc2cccc(COCCOCc3cccc(O)c3)c2)ccc1O. The fourth-order valence-electron chi connectivity index (χ4n) is 3.55. The summed E-state index contributed by atoms with van der Waals surface area (Å²) in [4.78, 5) is 0. The molecule has 0 radical (unpaired) electrons. The van der Waals surface area contributed by atoms with Gasteiger partial charge in [-0.05, 0) is 59.5 Å². The van der Waals surface area contributed by atoms with Crippen molar-refractivity contribution in [2.24, 2.45) is 0 Å². The number of rotatable bonds is 14. The van der Waals surface area contributed by atoms with Gasteiger partial charge >= 0.3 is 0 Å². The molecule has 0 amide bonds. The van der Waals surface area contributed by atoms with Crippen LogP contribution in [0.25, 0.3) is 0 Å². The molecule has 0 aliphatic heterocycles. The Hall–Kier alpha value is -2.94. The largest absolute Gasteiger partial charge is 0.508 e. The van der Waals surface area contributed by atoms with Crippen molar-refractivity contribution in [3.05, 3.63) is 94.5 Å². The standard InChI is InChI=1S/C27H33NO6/c29-17-24-15-23(7-8-26(24)31)27(32)16-28-10-9-20-3-1-4-21(13-20)18-33-11-12-34-19-22-5-2-6-25(30)14-22/h1-8,13-15,27-32H,9-12,16-19H2/t27-/m0/s1. The van der Waals surface area contributed by atoms with Crippen LogP contribution >= 0.6 is 0 Å². The van der Waals surface area contributed by atoms with Crippen LogP contribution in [0.2, 0.25) is 0 Å². The topological polar surface area (TPSA) is 111 Å². The Morgan fingerprint density at radius 2 is 1.47 bits per heavy atom. The van der Waals surface area contributed by atoms with Gasteiger partial charge in [0.25, 0.3) is 0 Å². The zero-order valence-electron chi connectivity index (χ0n) is 19.2. The highest BCUT2D eigenvalue weighted by atomic mass is 16.5. The average Bonchev–Trinajstić information content (AvgIpc) is 2.84. The molecule has 3 aromatic carbocycles. The highest BCUT2D eigenvalue weighted by molar-refractivity contribution is 5.36. The first-order valence-electron chi connectivity index (χ1n) is 11.4. The minimum atomic E-state index is -0.722. The van der Waals surface area contributed by atoms with E-state index in [9.17, 15) is 20.4 Å². The van der Waals surface area contributed by atoms with Crippen LogP contribution in [0, 0.1) is 0 Å². The lowest BCUT2D eigenvalue weighted by molar-refractivity contribution is 0.0338. The number of aliphatic hydroxyl groups excluding tert-OH is 2. The number of phenolic OH excluding ortho intramolecular Hbond substituents is 1. The third-order valence-corrected chi connectivity index (χ3v) is 5.40. The number of benzene rings is 3. The van der Waals surface area contributed by atoms with Crippen LogP contribution in [0.1, 0.15) is 33.9 Å². The first-order valence-corrected chi connectivity index (χ1v) is 11.4. The molecule has 3 aromatic rings. The van der Waals surface area contributed by atoms with E-state index in [2.05, 4.69) is 17.4 Å². The summed E-state index contributed by atoms with van der Waals surface area (Å²) >= 11 is 0. The molecular formula is C27H33NO6. The molecule has 0 spiro atoms. The van der Waals surface area contributed by atoms with Crippen LogP contribution in [0.15, 0.2) is 66.7 Å². The molecule has 0 fully saturated rings. The van der Waals surface area contributed by atoms with Crippen molar-refractivity contribution in [3.63, 3.8) is 0 Å². The molecule has 0 aliphatic carbocycles. The van der Waals surface area contributed by atoms with Gasteiger partial charge in [0.1, 0.15) is 11.5 Å². The van der Waals surface area contributed by atoms with Gasteiger partial charge in [-0.1, -0.05) is 42.5 Å². The second-order valence-electron chi connectivity index (χ2n) is 8.11. The van der Waals surface area contributed by atoms with E-state index in [0.29, 0.717) is 50.6 Å². The number of phenols is 2. The first kappa shape index (κ1) is 25.7. The van der Waals surface area contributed by atoms with E-state index >= 15 is 0 Å². The Balaban J connectivity index is 1.32. The lowest BCUT2D eigenvalue weighted by Gasteiger charge is -2.14. The van der Waals surface area contributed by atoms with E-state index in [-0.39, 0.29) is 18.1 Å². The molecule has 182 valence electrons. The quantitative estimate of drug-likeness (QED) is 0.232. The molecule has 7 heteroatoms. The van der Waals surface area contributed by atoms with Crippen molar-refractivity contribution in [2.75, 3.05) is 26.3 Å². The number of aliphatic hydroxyl groups is 2. The molecule has 0 heterocycles. The van der Waals surface area contributed by atoms with E-state index in [1.807, 2.05) is 18.2 Å². The highest BCUT2D eigenvalue weighted by Crippen LogP contribution is 2.22. The van der Waals surface area contributed by atoms with Gasteiger partial charge in [-0.15, -0.1) is 0 Å². The van der Waals surface area contributed by atoms with Crippen LogP contribution in [0.3, 0.4) is 0 Å². The maximum Gasteiger partial charge on any atom is 0.121 e. The second-order valence-corrected chi connectivity index (χ2v) is 8.11. The predicted molar refractivity (Wildman–Crippen MR) is 129 cm³/mol. The van der Waals surface area contributed by atoms with Crippen molar-refractivity contribution < 1.29 is 29.9 Å². The first-order chi connectivity index (χ1) is 16.5. The molecule has 0 unspecified atom stereocenters. The maximum absolute atomic E-state index is 10.3. The number of nitrogens with one attached hydrogen (secondary N) is 1. The Bertz CT molecular complexity index is 1030. The zero-order valence-corrected chi connectivity index (χ0v) is 19.2. The average molecular weight is 468 g/mol. The lowest BCUT2D eigenvalue weighted by Crippen LogP contribution is -2.23. The Morgan fingerprint density at radius 1 is 0.794 bits per heavy atom. The summed E-state index contributed by atoms with van der Waals surface area (Å²) < 4.78 is 11.3. The van der Waals surface area contributed by atoms with E-state index in [1.54, 1.807) is 30.3 Å². The molecule has 0 saturated heterocycles. The molecule has 0 aliphatic rings. The monoisotopic (exact) mass is 467 g/mol. The zero-order chi connectivity index (χ0) is 24.2. The fourth-order valence-corrected chi connectivity index (χ4v) is 3.55. The second kappa shape index (κ2) is 13.7. The van der Waals surface area contributed by atoms with Crippen molar-refractivity contribution in [1.29, 1.82) is 0 Å². The van der Waals surface area contributed by atoms with Gasteiger partial charge < -0.3 is 35.2 Å². The highest BCUT2D eigenvalue weighted by Gasteiger charge is 2.10. The molecule has 5 N–H and O–H groups in total. The summed E-state index contributed by atoms with van der Waals surface area (Å²) in [5.74, 6) is 0.258. The molecule has 7 nitrogen and oxygen atoms in total. The van der Waals surface area contributed by atoms with Crippen LogP contribution in [-0.4, -0.2) is 46.7 Å². The van der Waals surface area contributed by atoms with Crippen LogP contribution in [-0.2, 0) is 35.7 Å². The molecule has 34 heavy (non-hydrogen) atoms. The predicted octanol–water partition coefficient (Wildman–Crippen LogP) is 3.19. The molecule has 0 aromatic heterocycles. The van der Waals surface area contributed by atoms with E-state index in [1.165, 1.54) is 11.6 Å². The van der Waals surface area contributed by atoms with Crippen molar-refractivity contribution in [2.45, 2.75) is 32.3 Å². The molecule has 1 atom stereocenters. The van der Waals surface area contributed by atoms with Gasteiger partial charge in [-0.25, -0.2) is 0 Å². The Labute approximate surface area is 200 Å². The number of hydrogen-bond donors (Lipinski definition) is 5. The minimum Gasteiger partial charge on any atom is -0.508 e. The fraction of sp³-hybridized carbons (Fsp3) is 0.333. The normalized spacial score (nSPS) is 12.1. The summed E-state index contributed by atoms with van der Waals surface area (Å²) in [6, 6.07) is 20.0. The van der Waals surface area contributed by atoms with Gasteiger partial charge in [-0.2, -0.15) is 0 Å². The summed E-state index contributed by atoms with van der Waals surface area (Å²) in [5.41, 5.74) is 4.24. The minimum absolute atomic E-state index is 0.0242. The van der Waals surface area contributed by atoms with E-state index < -0.39 is 6.10 Å². The molecular weight excluding hydrogens is 434 g/mol. The van der Waals surface area contributed by atoms with Crippen molar-refractivity contribution in [1.82, 2.24) is 5.32 Å². The summed E-state index contributed by atoms with van der Waals surface area (Å²) in [6.45, 7) is 2.70. The summed E-state index contributed by atoms with van der Waals surface area (Å²) in [6.07, 6.45) is 0.0888. The number of aromatic hydroxyl groups is 2. The third kappa shape index (κ3) is 8.44. The van der Waals surface area contributed by atoms with Gasteiger partial charge in [0.15, 0.2) is 0 Å². The maximum atomic E-state index is 10.3. The summed E-state index contributed by atoms with van der Waals surface area (Å²) in [7, 11) is 0. The Kier molecular flexibility index (Phi) is 10.3. The van der Waals surface area contributed by atoms with Crippen LogP contribution in [0.4, 0.5) is 0 Å². The lowest BCUT2D eigenvalue weighted by atomic mass is 10.0. The number of ether oxygens (including phenoxy) is 2. The van der Waals surface area contributed by atoms with E-state index in [0.717, 1.165) is 17.5 Å². The van der Waals surface area contributed by atoms with Gasteiger partial charge in [0.05, 0.1) is 39.1 Å². The molecule has 0 bridgehead atoms. The Morgan fingerprint density at radius 3 is 2.18 bits per heavy atom. The number of hydrogen-bond acceptors (Lipinski definition) is 7. The third-order valence-electron chi connectivity index (χ3n) is 5.40. The van der Waals surface area contributed by atoms with Crippen LogP contribution in [0.5, 0.6) is 11.5 Å².